The fourth-order valence-corrected chi connectivity index (χ4v) is 3.66. The molecule has 2 aromatic rings. The van der Waals surface area contributed by atoms with Gasteiger partial charge in [-0.15, -0.1) is 0 Å². The summed E-state index contributed by atoms with van der Waals surface area (Å²) in [5.74, 6) is 0.441. The molecule has 0 saturated carbocycles. The lowest BCUT2D eigenvalue weighted by Gasteiger charge is -2.39. The third-order valence-corrected chi connectivity index (χ3v) is 4.99. The first-order valence-electron chi connectivity index (χ1n) is 8.79. The number of rotatable bonds is 5. The first kappa shape index (κ1) is 18.3. The summed E-state index contributed by atoms with van der Waals surface area (Å²) >= 11 is 0. The topological polar surface area (TPSA) is 94.7 Å². The maximum absolute atomic E-state index is 12.8. The number of benzene rings is 1. The molecule has 1 aromatic heterocycles. The minimum absolute atomic E-state index is 0.00812. The molecule has 2 amide bonds. The molecule has 1 aliphatic rings. The molecular formula is C19H25N3O4. The lowest BCUT2D eigenvalue weighted by Crippen LogP contribution is -2.52. The van der Waals surface area contributed by atoms with Gasteiger partial charge in [0.1, 0.15) is 5.75 Å². The number of H-pyrrole nitrogens is 1. The van der Waals surface area contributed by atoms with Crippen LogP contribution in [0.2, 0.25) is 0 Å². The molecule has 7 heteroatoms. The maximum atomic E-state index is 12.8. The fourth-order valence-electron chi connectivity index (χ4n) is 3.66. The number of hydrogen-bond acceptors (Lipinski definition) is 4. The first-order valence-corrected chi connectivity index (χ1v) is 8.79. The van der Waals surface area contributed by atoms with Gasteiger partial charge in [0.25, 0.3) is 0 Å². The summed E-state index contributed by atoms with van der Waals surface area (Å²) in [6.07, 6.45) is 3.25. The van der Waals surface area contributed by atoms with Crippen molar-refractivity contribution in [2.45, 2.75) is 31.3 Å². The van der Waals surface area contributed by atoms with Crippen molar-refractivity contribution in [1.29, 1.82) is 0 Å². The number of fused-ring (bicyclic) bond motifs is 1. The maximum Gasteiger partial charge on any atom is 0.227 e. The van der Waals surface area contributed by atoms with E-state index >= 15 is 0 Å². The molecule has 0 bridgehead atoms. The van der Waals surface area contributed by atoms with Gasteiger partial charge >= 0.3 is 0 Å². The zero-order valence-corrected chi connectivity index (χ0v) is 15.2. The van der Waals surface area contributed by atoms with Gasteiger partial charge in [-0.1, -0.05) is 6.07 Å². The van der Waals surface area contributed by atoms with Crippen molar-refractivity contribution in [3.8, 4) is 5.75 Å². The van der Waals surface area contributed by atoms with Gasteiger partial charge in [0.2, 0.25) is 11.8 Å². The zero-order valence-electron chi connectivity index (χ0n) is 15.2. The number of aliphatic hydroxyl groups is 1. The minimum atomic E-state index is -1.16. The highest BCUT2D eigenvalue weighted by atomic mass is 16.5. The van der Waals surface area contributed by atoms with Crippen molar-refractivity contribution in [2.24, 2.45) is 0 Å². The number of hydrogen-bond donors (Lipinski definition) is 3. The first-order chi connectivity index (χ1) is 12.5. The molecule has 0 spiro atoms. The van der Waals surface area contributed by atoms with E-state index in [4.69, 9.17) is 4.74 Å². The highest BCUT2D eigenvalue weighted by Crippen LogP contribution is 2.30. The molecule has 26 heavy (non-hydrogen) atoms. The van der Waals surface area contributed by atoms with Crippen LogP contribution in [0.4, 0.5) is 0 Å². The highest BCUT2D eigenvalue weighted by Gasteiger charge is 2.36. The average Bonchev–Trinajstić information content (AvgIpc) is 3.04. The van der Waals surface area contributed by atoms with E-state index in [0.29, 0.717) is 19.4 Å². The molecule has 0 aliphatic carbocycles. The van der Waals surface area contributed by atoms with Crippen LogP contribution in [0.5, 0.6) is 5.75 Å². The number of piperidine rings is 1. The van der Waals surface area contributed by atoms with Gasteiger partial charge in [0.15, 0.2) is 0 Å². The molecule has 2 heterocycles. The van der Waals surface area contributed by atoms with Gasteiger partial charge in [0, 0.05) is 37.2 Å². The van der Waals surface area contributed by atoms with Gasteiger partial charge in [-0.2, -0.15) is 0 Å². The Morgan fingerprint density at radius 3 is 2.96 bits per heavy atom. The van der Waals surface area contributed by atoms with E-state index in [9.17, 15) is 14.7 Å². The average molecular weight is 359 g/mol. The molecular weight excluding hydrogens is 334 g/mol. The number of amides is 2. The monoisotopic (exact) mass is 359 g/mol. The van der Waals surface area contributed by atoms with E-state index in [0.717, 1.165) is 22.2 Å². The highest BCUT2D eigenvalue weighted by molar-refractivity contribution is 5.93. The molecule has 1 fully saturated rings. The van der Waals surface area contributed by atoms with Crippen molar-refractivity contribution in [3.05, 3.63) is 30.0 Å². The molecule has 3 rings (SSSR count). The zero-order chi connectivity index (χ0) is 18.7. The molecule has 3 N–H and O–H groups in total. The second-order valence-electron chi connectivity index (χ2n) is 6.87. The number of likely N-dealkylation sites (tertiary alicyclic amines) is 1. The van der Waals surface area contributed by atoms with Crippen LogP contribution in [0.3, 0.4) is 0 Å². The van der Waals surface area contributed by atoms with Crippen LogP contribution < -0.4 is 10.1 Å². The lowest BCUT2D eigenvalue weighted by molar-refractivity contribution is -0.141. The van der Waals surface area contributed by atoms with E-state index in [-0.39, 0.29) is 31.2 Å². The number of aromatic nitrogens is 1. The summed E-state index contributed by atoms with van der Waals surface area (Å²) in [4.78, 5) is 29.3. The van der Waals surface area contributed by atoms with E-state index in [1.54, 1.807) is 19.1 Å². The number of carbonyl (C=O) groups excluding carboxylic acids is 2. The number of β-amino-alcohol motifs (C(OH)–C–C–N with tert-alkyl or cyclic N) is 1. The second-order valence-corrected chi connectivity index (χ2v) is 6.87. The van der Waals surface area contributed by atoms with Crippen LogP contribution in [0.1, 0.15) is 24.8 Å². The summed E-state index contributed by atoms with van der Waals surface area (Å²) < 4.78 is 5.41. The van der Waals surface area contributed by atoms with Crippen molar-refractivity contribution in [3.63, 3.8) is 0 Å². The summed E-state index contributed by atoms with van der Waals surface area (Å²) in [5, 5.41) is 14.1. The van der Waals surface area contributed by atoms with Gasteiger partial charge in [-0.05, 0) is 30.5 Å². The molecule has 1 aromatic carbocycles. The largest absolute Gasteiger partial charge is 0.496 e. The lowest BCUT2D eigenvalue weighted by atomic mass is 9.89. The quantitative estimate of drug-likeness (QED) is 0.748. The van der Waals surface area contributed by atoms with Crippen LogP contribution in [0.25, 0.3) is 10.9 Å². The Balaban J connectivity index is 1.75. The Morgan fingerprint density at radius 1 is 1.42 bits per heavy atom. The number of nitrogens with one attached hydrogen (secondary N) is 2. The Labute approximate surface area is 152 Å². The number of methoxy groups -OCH3 is 1. The van der Waals surface area contributed by atoms with Crippen LogP contribution in [-0.4, -0.2) is 59.7 Å². The normalized spacial score (nSPS) is 20.2. The summed E-state index contributed by atoms with van der Waals surface area (Å²) in [7, 11) is 3.15. The van der Waals surface area contributed by atoms with Gasteiger partial charge in [-0.25, -0.2) is 0 Å². The van der Waals surface area contributed by atoms with Crippen LogP contribution in [-0.2, 0) is 16.0 Å². The molecule has 1 saturated heterocycles. The smallest absolute Gasteiger partial charge is 0.227 e. The predicted molar refractivity (Wildman–Crippen MR) is 98.0 cm³/mol. The SMILES string of the molecule is CNC(=O)CC1(O)CCCN(C(=O)Cc2c[nH]c3cccc(OC)c23)C1. The van der Waals surface area contributed by atoms with Crippen molar-refractivity contribution in [1.82, 2.24) is 15.2 Å². The number of aromatic amines is 1. The van der Waals surface area contributed by atoms with E-state index in [2.05, 4.69) is 10.3 Å². The molecule has 1 unspecified atom stereocenters. The van der Waals surface area contributed by atoms with Crippen LogP contribution in [0.15, 0.2) is 24.4 Å². The standard InChI is InChI=1S/C19H25N3O4/c1-20-16(23)10-19(25)7-4-8-22(12-19)17(24)9-13-11-21-14-5-3-6-15(26-2)18(13)14/h3,5-6,11,21,25H,4,7-10,12H2,1-2H3,(H,20,23). The van der Waals surface area contributed by atoms with Crippen molar-refractivity contribution in [2.75, 3.05) is 27.2 Å². The summed E-state index contributed by atoms with van der Waals surface area (Å²) in [6.45, 7) is 0.771. The summed E-state index contributed by atoms with van der Waals surface area (Å²) in [5.41, 5.74) is 0.621. The number of ether oxygens (including phenoxy) is 1. The summed E-state index contributed by atoms with van der Waals surface area (Å²) in [6, 6.07) is 5.70. The van der Waals surface area contributed by atoms with Crippen LogP contribution in [0, 0.1) is 0 Å². The fraction of sp³-hybridized carbons (Fsp3) is 0.474. The van der Waals surface area contributed by atoms with Crippen molar-refractivity contribution < 1.29 is 19.4 Å². The Morgan fingerprint density at radius 2 is 2.23 bits per heavy atom. The van der Waals surface area contributed by atoms with Gasteiger partial charge in [-0.3, -0.25) is 9.59 Å². The third-order valence-electron chi connectivity index (χ3n) is 4.99. The second kappa shape index (κ2) is 7.37. The molecule has 7 nitrogen and oxygen atoms in total. The van der Waals surface area contributed by atoms with Gasteiger partial charge in [0.05, 0.1) is 25.6 Å². The molecule has 140 valence electrons. The third kappa shape index (κ3) is 3.67. The number of carbonyl (C=O) groups is 2. The van der Waals surface area contributed by atoms with E-state index in [1.807, 2.05) is 24.4 Å². The minimum Gasteiger partial charge on any atom is -0.496 e. The van der Waals surface area contributed by atoms with E-state index < -0.39 is 5.60 Å². The number of nitrogens with zero attached hydrogens (tertiary/aromatic N) is 1. The van der Waals surface area contributed by atoms with Gasteiger partial charge < -0.3 is 25.0 Å². The predicted octanol–water partition coefficient (Wildman–Crippen LogP) is 1.21. The molecule has 0 radical (unpaired) electrons. The Bertz CT molecular complexity index is 816. The Kier molecular flexibility index (Phi) is 5.18. The van der Waals surface area contributed by atoms with E-state index in [1.165, 1.54) is 0 Å². The van der Waals surface area contributed by atoms with Crippen LogP contribution >= 0.6 is 0 Å². The molecule has 1 atom stereocenters. The Hall–Kier alpha value is -2.54. The molecule has 1 aliphatic heterocycles. The van der Waals surface area contributed by atoms with Crippen molar-refractivity contribution >= 4 is 22.7 Å².